The van der Waals surface area contributed by atoms with E-state index in [1.54, 1.807) is 6.07 Å². The predicted octanol–water partition coefficient (Wildman–Crippen LogP) is 3.58. The van der Waals surface area contributed by atoms with E-state index in [0.29, 0.717) is 18.8 Å². The standard InChI is InChI=1S/C22H19N5O/c28-22(20-11-10-17-8-4-5-9-19(17)23-20)26-13-12-18(14-26)27-15-21(24-25-27)16-6-2-1-3-7-16/h1-11,15,18H,12-14H2. The highest BCUT2D eigenvalue weighted by Gasteiger charge is 2.29. The average molecular weight is 369 g/mol. The molecule has 5 rings (SSSR count). The fourth-order valence-corrected chi connectivity index (χ4v) is 3.69. The molecule has 1 aliphatic heterocycles. The monoisotopic (exact) mass is 369 g/mol. The van der Waals surface area contributed by atoms with Gasteiger partial charge in [-0.2, -0.15) is 0 Å². The van der Waals surface area contributed by atoms with Crippen LogP contribution in [0.2, 0.25) is 0 Å². The van der Waals surface area contributed by atoms with Crippen molar-refractivity contribution in [3.05, 3.63) is 78.6 Å². The van der Waals surface area contributed by atoms with Crippen LogP contribution in [0.5, 0.6) is 0 Å². The van der Waals surface area contributed by atoms with E-state index < -0.39 is 0 Å². The molecule has 0 aliphatic carbocycles. The van der Waals surface area contributed by atoms with Crippen LogP contribution in [-0.4, -0.2) is 43.9 Å². The number of hydrogen-bond acceptors (Lipinski definition) is 4. The van der Waals surface area contributed by atoms with Crippen molar-refractivity contribution < 1.29 is 4.79 Å². The van der Waals surface area contributed by atoms with Crippen molar-refractivity contribution >= 4 is 16.8 Å². The van der Waals surface area contributed by atoms with Gasteiger partial charge >= 0.3 is 0 Å². The van der Waals surface area contributed by atoms with Gasteiger partial charge in [0.2, 0.25) is 0 Å². The summed E-state index contributed by atoms with van der Waals surface area (Å²) >= 11 is 0. The van der Waals surface area contributed by atoms with Crippen molar-refractivity contribution in [3.8, 4) is 11.3 Å². The second-order valence-electron chi connectivity index (χ2n) is 7.03. The third-order valence-corrected chi connectivity index (χ3v) is 5.22. The van der Waals surface area contributed by atoms with E-state index >= 15 is 0 Å². The van der Waals surface area contributed by atoms with Crippen LogP contribution in [0.4, 0.5) is 0 Å². The highest BCUT2D eigenvalue weighted by molar-refractivity contribution is 5.95. The van der Waals surface area contributed by atoms with Crippen LogP contribution in [0.25, 0.3) is 22.2 Å². The van der Waals surface area contributed by atoms with Gasteiger partial charge in [0.15, 0.2) is 0 Å². The van der Waals surface area contributed by atoms with Gasteiger partial charge in [-0.3, -0.25) is 4.79 Å². The normalized spacial score (nSPS) is 16.6. The molecule has 2 aromatic carbocycles. The maximum atomic E-state index is 12.9. The van der Waals surface area contributed by atoms with E-state index in [4.69, 9.17) is 0 Å². The Bertz CT molecular complexity index is 1140. The molecule has 0 saturated carbocycles. The Kier molecular flexibility index (Phi) is 4.09. The van der Waals surface area contributed by atoms with Gasteiger partial charge in [0.25, 0.3) is 5.91 Å². The molecule has 1 saturated heterocycles. The van der Waals surface area contributed by atoms with Crippen molar-refractivity contribution in [2.45, 2.75) is 12.5 Å². The molecule has 4 aromatic rings. The minimum Gasteiger partial charge on any atom is -0.335 e. The Morgan fingerprint density at radius 1 is 0.964 bits per heavy atom. The predicted molar refractivity (Wildman–Crippen MR) is 107 cm³/mol. The fourth-order valence-electron chi connectivity index (χ4n) is 3.69. The van der Waals surface area contributed by atoms with Crippen LogP contribution in [0.3, 0.4) is 0 Å². The molecule has 138 valence electrons. The van der Waals surface area contributed by atoms with Gasteiger partial charge in [0, 0.05) is 24.0 Å². The van der Waals surface area contributed by atoms with Gasteiger partial charge in [0.1, 0.15) is 11.4 Å². The zero-order valence-electron chi connectivity index (χ0n) is 15.3. The van der Waals surface area contributed by atoms with Crippen LogP contribution in [-0.2, 0) is 0 Å². The maximum absolute atomic E-state index is 12.9. The van der Waals surface area contributed by atoms with Gasteiger partial charge in [0.05, 0.1) is 17.8 Å². The zero-order valence-corrected chi connectivity index (χ0v) is 15.3. The number of aromatic nitrogens is 4. The number of amides is 1. The minimum absolute atomic E-state index is 0.0309. The number of carbonyl (C=O) groups excluding carboxylic acids is 1. The Balaban J connectivity index is 1.32. The van der Waals surface area contributed by atoms with Crippen LogP contribution in [0.15, 0.2) is 72.9 Å². The van der Waals surface area contributed by atoms with E-state index in [9.17, 15) is 4.79 Å². The number of para-hydroxylation sites is 1. The molecule has 0 N–H and O–H groups in total. The third kappa shape index (κ3) is 3.03. The molecular weight excluding hydrogens is 350 g/mol. The SMILES string of the molecule is O=C(c1ccc2ccccc2n1)N1CCC(n2cc(-c3ccccc3)nn2)C1. The quantitative estimate of drug-likeness (QED) is 0.554. The van der Waals surface area contributed by atoms with Crippen molar-refractivity contribution in [3.63, 3.8) is 0 Å². The number of likely N-dealkylation sites (tertiary alicyclic amines) is 1. The second kappa shape index (κ2) is 6.88. The molecule has 1 fully saturated rings. The summed E-state index contributed by atoms with van der Waals surface area (Å²) < 4.78 is 1.88. The Morgan fingerprint density at radius 3 is 2.68 bits per heavy atom. The summed E-state index contributed by atoms with van der Waals surface area (Å²) in [5.41, 5.74) is 3.22. The molecule has 0 radical (unpaired) electrons. The molecule has 1 amide bonds. The van der Waals surface area contributed by atoms with Crippen molar-refractivity contribution in [1.82, 2.24) is 24.9 Å². The number of benzene rings is 2. The molecule has 6 nitrogen and oxygen atoms in total. The zero-order chi connectivity index (χ0) is 18.9. The van der Waals surface area contributed by atoms with E-state index in [0.717, 1.165) is 28.6 Å². The largest absolute Gasteiger partial charge is 0.335 e. The number of carbonyl (C=O) groups is 1. The van der Waals surface area contributed by atoms with Crippen LogP contribution in [0.1, 0.15) is 23.0 Å². The summed E-state index contributed by atoms with van der Waals surface area (Å²) in [4.78, 5) is 19.3. The molecule has 6 heteroatoms. The number of hydrogen-bond donors (Lipinski definition) is 0. The molecule has 0 spiro atoms. The maximum Gasteiger partial charge on any atom is 0.272 e. The molecule has 2 aromatic heterocycles. The summed E-state index contributed by atoms with van der Waals surface area (Å²) in [6.45, 7) is 1.31. The van der Waals surface area contributed by atoms with Crippen LogP contribution < -0.4 is 0 Å². The lowest BCUT2D eigenvalue weighted by Crippen LogP contribution is -2.29. The van der Waals surface area contributed by atoms with Crippen LogP contribution in [0, 0.1) is 0 Å². The van der Waals surface area contributed by atoms with Crippen molar-refractivity contribution in [1.29, 1.82) is 0 Å². The van der Waals surface area contributed by atoms with Gasteiger partial charge in [-0.05, 0) is 18.6 Å². The first-order valence-electron chi connectivity index (χ1n) is 9.40. The molecular formula is C22H19N5O. The highest BCUT2D eigenvalue weighted by atomic mass is 16.2. The lowest BCUT2D eigenvalue weighted by molar-refractivity contribution is 0.0781. The Labute approximate surface area is 162 Å². The molecule has 28 heavy (non-hydrogen) atoms. The summed E-state index contributed by atoms with van der Waals surface area (Å²) in [7, 11) is 0. The average Bonchev–Trinajstić information content (AvgIpc) is 3.43. The molecule has 0 bridgehead atoms. The Morgan fingerprint density at radius 2 is 1.79 bits per heavy atom. The third-order valence-electron chi connectivity index (χ3n) is 5.22. The second-order valence-corrected chi connectivity index (χ2v) is 7.03. The van der Waals surface area contributed by atoms with E-state index in [1.807, 2.05) is 76.4 Å². The number of nitrogens with zero attached hydrogens (tertiary/aromatic N) is 5. The topological polar surface area (TPSA) is 63.9 Å². The van der Waals surface area contributed by atoms with Gasteiger partial charge < -0.3 is 4.90 Å². The number of pyridine rings is 1. The molecule has 1 unspecified atom stereocenters. The molecule has 3 heterocycles. The van der Waals surface area contributed by atoms with Crippen molar-refractivity contribution in [2.24, 2.45) is 0 Å². The summed E-state index contributed by atoms with van der Waals surface area (Å²) in [5, 5.41) is 9.62. The minimum atomic E-state index is -0.0309. The van der Waals surface area contributed by atoms with Gasteiger partial charge in [-0.15, -0.1) is 5.10 Å². The van der Waals surface area contributed by atoms with E-state index in [2.05, 4.69) is 15.3 Å². The van der Waals surface area contributed by atoms with Crippen molar-refractivity contribution in [2.75, 3.05) is 13.1 Å². The highest BCUT2D eigenvalue weighted by Crippen LogP contribution is 2.25. The lowest BCUT2D eigenvalue weighted by atomic mass is 10.2. The first kappa shape index (κ1) is 16.6. The Hall–Kier alpha value is -3.54. The van der Waals surface area contributed by atoms with Gasteiger partial charge in [-0.1, -0.05) is 59.8 Å². The summed E-state index contributed by atoms with van der Waals surface area (Å²) in [6, 6.07) is 21.7. The van der Waals surface area contributed by atoms with Crippen LogP contribution >= 0.6 is 0 Å². The molecule has 1 atom stereocenters. The fraction of sp³-hybridized carbons (Fsp3) is 0.182. The summed E-state index contributed by atoms with van der Waals surface area (Å²) in [6.07, 6.45) is 2.82. The molecule has 1 aliphatic rings. The first-order valence-corrected chi connectivity index (χ1v) is 9.40. The number of fused-ring (bicyclic) bond motifs is 1. The van der Waals surface area contributed by atoms with E-state index in [1.165, 1.54) is 0 Å². The smallest absolute Gasteiger partial charge is 0.272 e. The first-order chi connectivity index (χ1) is 13.8. The van der Waals surface area contributed by atoms with Gasteiger partial charge in [-0.25, -0.2) is 9.67 Å². The van der Waals surface area contributed by atoms with E-state index in [-0.39, 0.29) is 11.9 Å². The summed E-state index contributed by atoms with van der Waals surface area (Å²) in [5.74, 6) is -0.0309. The lowest BCUT2D eigenvalue weighted by Gasteiger charge is -2.16. The number of rotatable bonds is 3.